The maximum Gasteiger partial charge on any atom is 0.220 e. The Balaban J connectivity index is 3.79. The molecule has 0 aliphatic rings. The van der Waals surface area contributed by atoms with Crippen molar-refractivity contribution in [3.63, 3.8) is 0 Å². The third-order valence-electron chi connectivity index (χ3n) is 4.72. The van der Waals surface area contributed by atoms with Gasteiger partial charge in [0.1, 0.15) is 0 Å². The second-order valence-electron chi connectivity index (χ2n) is 6.71. The van der Waals surface area contributed by atoms with Gasteiger partial charge in [0.05, 0.1) is 0 Å². The normalized spacial score (nSPS) is 14.0. The van der Waals surface area contributed by atoms with Crippen molar-refractivity contribution in [3.05, 3.63) is 0 Å². The number of carbonyl (C=O) groups is 1. The fourth-order valence-corrected chi connectivity index (χ4v) is 3.17. The summed E-state index contributed by atoms with van der Waals surface area (Å²) in [5.41, 5.74) is 5.54. The monoisotopic (exact) mass is 313 g/mol. The van der Waals surface area contributed by atoms with Crippen LogP contribution in [0, 0.1) is 11.8 Å². The van der Waals surface area contributed by atoms with Crippen LogP contribution in [0.4, 0.5) is 0 Å². The number of nitrogens with two attached hydrogens (primary N) is 1. The second-order valence-corrected chi connectivity index (χ2v) is 6.71. The van der Waals surface area contributed by atoms with Gasteiger partial charge < -0.3 is 10.8 Å². The Labute approximate surface area is 138 Å². The Bertz CT molecular complexity index is 256. The predicted molar refractivity (Wildman–Crippen MR) is 94.6 cm³/mol. The Morgan fingerprint density at radius 1 is 0.818 bits per heavy atom. The van der Waals surface area contributed by atoms with Gasteiger partial charge in [-0.15, -0.1) is 0 Å². The molecule has 0 saturated heterocycles. The topological polar surface area (TPSA) is 63.3 Å². The minimum atomic E-state index is -0.227. The first-order chi connectivity index (χ1) is 10.7. The van der Waals surface area contributed by atoms with Crippen LogP contribution in [-0.4, -0.2) is 17.6 Å². The van der Waals surface area contributed by atoms with Gasteiger partial charge in [-0.25, -0.2) is 0 Å². The molecule has 2 atom stereocenters. The summed E-state index contributed by atoms with van der Waals surface area (Å²) < 4.78 is 0. The molecule has 0 aromatic rings. The van der Waals surface area contributed by atoms with Crippen LogP contribution in [-0.2, 0) is 4.79 Å². The highest BCUT2D eigenvalue weighted by molar-refractivity contribution is 5.76. The molecule has 0 saturated carbocycles. The van der Waals surface area contributed by atoms with Gasteiger partial charge in [0.15, 0.2) is 0 Å². The van der Waals surface area contributed by atoms with E-state index in [-0.39, 0.29) is 24.3 Å². The van der Waals surface area contributed by atoms with Gasteiger partial charge in [-0.3, -0.25) is 4.79 Å². The van der Waals surface area contributed by atoms with E-state index in [4.69, 9.17) is 5.73 Å². The lowest BCUT2D eigenvalue weighted by molar-refractivity contribution is -0.124. The molecule has 0 bridgehead atoms. The molecule has 0 aliphatic carbocycles. The summed E-state index contributed by atoms with van der Waals surface area (Å²) in [6, 6.07) is 0. The molecule has 0 rings (SSSR count). The number of rotatable bonds is 16. The fourth-order valence-electron chi connectivity index (χ4n) is 3.17. The van der Waals surface area contributed by atoms with E-state index in [2.05, 4.69) is 13.8 Å². The molecule has 3 N–H and O–H groups in total. The smallest absolute Gasteiger partial charge is 0.220 e. The van der Waals surface area contributed by atoms with Crippen LogP contribution in [0.1, 0.15) is 97.3 Å². The lowest BCUT2D eigenvalue weighted by Gasteiger charge is -2.22. The van der Waals surface area contributed by atoms with E-state index in [9.17, 15) is 9.90 Å². The Morgan fingerprint density at radius 2 is 1.32 bits per heavy atom. The molecule has 2 unspecified atom stereocenters. The third kappa shape index (κ3) is 11.1. The lowest BCUT2D eigenvalue weighted by atomic mass is 9.84. The Kier molecular flexibility index (Phi) is 14.9. The molecule has 0 aromatic carbocycles. The largest absolute Gasteiger partial charge is 0.396 e. The highest BCUT2D eigenvalue weighted by atomic mass is 16.3. The first kappa shape index (κ1) is 21.4. The molecule has 1 amide bonds. The number of hydrogen-bond donors (Lipinski definition) is 2. The summed E-state index contributed by atoms with van der Waals surface area (Å²) >= 11 is 0. The van der Waals surface area contributed by atoms with Crippen molar-refractivity contribution in [2.45, 2.75) is 97.3 Å². The number of carbonyl (C=O) groups excluding carboxylic acids is 1. The average Bonchev–Trinajstić information content (AvgIpc) is 2.51. The number of unbranched alkanes of at least 4 members (excludes halogenated alkanes) is 9. The molecule has 0 heterocycles. The molecule has 3 nitrogen and oxygen atoms in total. The number of hydrogen-bond acceptors (Lipinski definition) is 2. The van der Waals surface area contributed by atoms with E-state index >= 15 is 0 Å². The second kappa shape index (κ2) is 15.3. The van der Waals surface area contributed by atoms with Crippen LogP contribution in [0.15, 0.2) is 0 Å². The van der Waals surface area contributed by atoms with Gasteiger partial charge in [0.25, 0.3) is 0 Å². The van der Waals surface area contributed by atoms with Crippen molar-refractivity contribution in [2.24, 2.45) is 17.6 Å². The average molecular weight is 314 g/mol. The summed E-state index contributed by atoms with van der Waals surface area (Å²) in [5.74, 6) is -0.303. The van der Waals surface area contributed by atoms with E-state index in [1.807, 2.05) is 0 Å². The molecule has 132 valence electrons. The maximum absolute atomic E-state index is 11.6. The minimum Gasteiger partial charge on any atom is -0.396 e. The van der Waals surface area contributed by atoms with Crippen LogP contribution in [0.2, 0.25) is 0 Å². The molecule has 3 heteroatoms. The van der Waals surface area contributed by atoms with Crippen molar-refractivity contribution in [2.75, 3.05) is 6.61 Å². The Morgan fingerprint density at radius 3 is 1.77 bits per heavy atom. The highest BCUT2D eigenvalue weighted by Gasteiger charge is 2.24. The molecule has 0 fully saturated rings. The first-order valence-corrected chi connectivity index (χ1v) is 9.57. The van der Waals surface area contributed by atoms with E-state index in [1.165, 1.54) is 51.4 Å². The molecule has 0 spiro atoms. The van der Waals surface area contributed by atoms with Crippen LogP contribution in [0.3, 0.4) is 0 Å². The number of primary amides is 1. The number of aliphatic hydroxyl groups is 1. The van der Waals surface area contributed by atoms with Gasteiger partial charge >= 0.3 is 0 Å². The van der Waals surface area contributed by atoms with Gasteiger partial charge in [0, 0.05) is 12.5 Å². The molecule has 0 aliphatic heterocycles. The lowest BCUT2D eigenvalue weighted by Crippen LogP contribution is -2.32. The summed E-state index contributed by atoms with van der Waals surface area (Å²) in [5, 5.41) is 9.51. The summed E-state index contributed by atoms with van der Waals surface area (Å²) in [4.78, 5) is 11.6. The van der Waals surface area contributed by atoms with Gasteiger partial charge in [0.2, 0.25) is 5.91 Å². The van der Waals surface area contributed by atoms with Crippen LogP contribution in [0.5, 0.6) is 0 Å². The zero-order valence-electron chi connectivity index (χ0n) is 15.0. The highest BCUT2D eigenvalue weighted by Crippen LogP contribution is 2.24. The standard InChI is InChI=1S/C19H39NO2/c1-3-5-7-8-9-10-11-12-13-15-18(19(20)22)17(16-21)14-6-4-2/h17-18,21H,3-16H2,1-2H3,(H2,20,22). The molecular formula is C19H39NO2. The van der Waals surface area contributed by atoms with Crippen LogP contribution < -0.4 is 5.73 Å². The number of amides is 1. The molecule has 22 heavy (non-hydrogen) atoms. The van der Waals surface area contributed by atoms with Crippen molar-refractivity contribution in [3.8, 4) is 0 Å². The van der Waals surface area contributed by atoms with E-state index in [0.717, 1.165) is 32.1 Å². The van der Waals surface area contributed by atoms with Crippen LogP contribution in [0.25, 0.3) is 0 Å². The first-order valence-electron chi connectivity index (χ1n) is 9.57. The van der Waals surface area contributed by atoms with E-state index in [1.54, 1.807) is 0 Å². The zero-order valence-corrected chi connectivity index (χ0v) is 15.0. The molecule has 0 aromatic heterocycles. The minimum absolute atomic E-state index is 0.0616. The fraction of sp³-hybridized carbons (Fsp3) is 0.947. The van der Waals surface area contributed by atoms with Crippen molar-refractivity contribution in [1.82, 2.24) is 0 Å². The van der Waals surface area contributed by atoms with Crippen molar-refractivity contribution >= 4 is 5.91 Å². The predicted octanol–water partition coefficient (Wildman–Crippen LogP) is 4.81. The van der Waals surface area contributed by atoms with Gasteiger partial charge in [-0.2, -0.15) is 0 Å². The maximum atomic E-state index is 11.6. The van der Waals surface area contributed by atoms with Crippen molar-refractivity contribution in [1.29, 1.82) is 0 Å². The zero-order chi connectivity index (χ0) is 16.6. The van der Waals surface area contributed by atoms with Gasteiger partial charge in [-0.1, -0.05) is 84.5 Å². The summed E-state index contributed by atoms with van der Waals surface area (Å²) in [6.07, 6.45) is 15.5. The SMILES string of the molecule is CCCCCCCCCCCC(C(N)=O)C(CO)CCCC. The van der Waals surface area contributed by atoms with Gasteiger partial charge in [-0.05, 0) is 18.8 Å². The van der Waals surface area contributed by atoms with E-state index < -0.39 is 0 Å². The molecule has 0 radical (unpaired) electrons. The van der Waals surface area contributed by atoms with Crippen LogP contribution >= 0.6 is 0 Å². The summed E-state index contributed by atoms with van der Waals surface area (Å²) in [7, 11) is 0. The van der Waals surface area contributed by atoms with Crippen molar-refractivity contribution < 1.29 is 9.90 Å². The summed E-state index contributed by atoms with van der Waals surface area (Å²) in [6.45, 7) is 4.47. The Hall–Kier alpha value is -0.570. The van der Waals surface area contributed by atoms with E-state index in [0.29, 0.717) is 0 Å². The molecular weight excluding hydrogens is 274 g/mol. The quantitative estimate of drug-likeness (QED) is 0.402. The third-order valence-corrected chi connectivity index (χ3v) is 4.72. The number of aliphatic hydroxyl groups excluding tert-OH is 1.